The Bertz CT molecular complexity index is 210. The van der Waals surface area contributed by atoms with Gasteiger partial charge >= 0.3 is 0 Å². The summed E-state index contributed by atoms with van der Waals surface area (Å²) in [6, 6.07) is 0. The highest BCUT2D eigenvalue weighted by atomic mass is 32.1. The van der Waals surface area contributed by atoms with Gasteiger partial charge in [-0.3, -0.25) is 4.79 Å². The molecule has 0 radical (unpaired) electrons. The molecule has 0 heterocycles. The fourth-order valence-electron chi connectivity index (χ4n) is 1.46. The molecule has 1 aliphatic carbocycles. The maximum absolute atomic E-state index is 10.6. The Morgan fingerprint density at radius 2 is 2.45 bits per heavy atom. The van der Waals surface area contributed by atoms with E-state index >= 15 is 0 Å². The number of thiol groups is 1. The molecule has 0 aromatic carbocycles. The van der Waals surface area contributed by atoms with Gasteiger partial charge < -0.3 is 5.73 Å². The second-order valence-corrected chi connectivity index (χ2v) is 3.58. The summed E-state index contributed by atoms with van der Waals surface area (Å²) in [5.74, 6) is 0.150. The van der Waals surface area contributed by atoms with E-state index in [1.165, 1.54) is 5.57 Å². The van der Waals surface area contributed by atoms with Crippen molar-refractivity contribution in [1.29, 1.82) is 0 Å². The zero-order chi connectivity index (χ0) is 8.43. The monoisotopic (exact) mass is 171 g/mol. The molecule has 1 rings (SSSR count). The number of carbonyl (C=O) groups excluding carboxylic acids is 1. The maximum atomic E-state index is 10.6. The molecule has 0 saturated carbocycles. The zero-order valence-electron chi connectivity index (χ0n) is 6.63. The SMILES string of the molecule is CC1=C(S)CC[C@@H]1CC(N)=O. The van der Waals surface area contributed by atoms with E-state index in [0.717, 1.165) is 17.7 Å². The van der Waals surface area contributed by atoms with Crippen molar-refractivity contribution in [2.45, 2.75) is 26.2 Å². The van der Waals surface area contributed by atoms with Gasteiger partial charge in [0.05, 0.1) is 0 Å². The first-order valence-electron chi connectivity index (χ1n) is 3.78. The van der Waals surface area contributed by atoms with Gasteiger partial charge in [0.1, 0.15) is 0 Å². The van der Waals surface area contributed by atoms with Gasteiger partial charge in [-0.25, -0.2) is 0 Å². The van der Waals surface area contributed by atoms with Crippen LogP contribution in [0.2, 0.25) is 0 Å². The summed E-state index contributed by atoms with van der Waals surface area (Å²) in [6.07, 6.45) is 2.52. The van der Waals surface area contributed by atoms with Crippen LogP contribution in [0.3, 0.4) is 0 Å². The minimum Gasteiger partial charge on any atom is -0.370 e. The van der Waals surface area contributed by atoms with Gasteiger partial charge in [0.25, 0.3) is 0 Å². The first-order chi connectivity index (χ1) is 5.11. The molecule has 0 aromatic rings. The van der Waals surface area contributed by atoms with E-state index < -0.39 is 0 Å². The molecule has 0 fully saturated rings. The normalized spacial score (nSPS) is 24.4. The van der Waals surface area contributed by atoms with Crippen LogP contribution in [0.4, 0.5) is 0 Å². The van der Waals surface area contributed by atoms with E-state index in [1.807, 2.05) is 6.92 Å². The van der Waals surface area contributed by atoms with E-state index in [1.54, 1.807) is 0 Å². The summed E-state index contributed by atoms with van der Waals surface area (Å²) in [7, 11) is 0. The molecule has 0 unspecified atom stereocenters. The lowest BCUT2D eigenvalue weighted by molar-refractivity contribution is -0.118. The highest BCUT2D eigenvalue weighted by molar-refractivity contribution is 7.84. The van der Waals surface area contributed by atoms with Crippen LogP contribution in [0.1, 0.15) is 26.2 Å². The van der Waals surface area contributed by atoms with Crippen LogP contribution < -0.4 is 5.73 Å². The molecule has 1 aliphatic rings. The molecule has 0 aliphatic heterocycles. The number of allylic oxidation sites excluding steroid dienone is 2. The number of carbonyl (C=O) groups is 1. The third-order valence-electron chi connectivity index (χ3n) is 2.24. The third-order valence-corrected chi connectivity index (χ3v) is 2.82. The van der Waals surface area contributed by atoms with Crippen molar-refractivity contribution in [3.63, 3.8) is 0 Å². The largest absolute Gasteiger partial charge is 0.370 e. The molecule has 2 N–H and O–H groups in total. The Morgan fingerprint density at radius 1 is 1.82 bits per heavy atom. The third kappa shape index (κ3) is 1.99. The van der Waals surface area contributed by atoms with Gasteiger partial charge in [0.2, 0.25) is 5.91 Å². The molecule has 2 nitrogen and oxygen atoms in total. The van der Waals surface area contributed by atoms with Crippen LogP contribution in [-0.2, 0) is 4.79 Å². The lowest BCUT2D eigenvalue weighted by Gasteiger charge is -2.07. The predicted molar refractivity (Wildman–Crippen MR) is 48.2 cm³/mol. The van der Waals surface area contributed by atoms with Crippen molar-refractivity contribution in [3.05, 3.63) is 10.5 Å². The van der Waals surface area contributed by atoms with E-state index in [4.69, 9.17) is 5.73 Å². The average Bonchev–Trinajstić information content (AvgIpc) is 2.18. The molecular formula is C8H13NOS. The second kappa shape index (κ2) is 3.30. The number of primary amides is 1. The number of amides is 1. The van der Waals surface area contributed by atoms with Crippen LogP contribution in [0.25, 0.3) is 0 Å². The fraction of sp³-hybridized carbons (Fsp3) is 0.625. The van der Waals surface area contributed by atoms with Crippen LogP contribution in [0, 0.1) is 5.92 Å². The van der Waals surface area contributed by atoms with Crippen molar-refractivity contribution in [2.75, 3.05) is 0 Å². The predicted octanol–water partition coefficient (Wildman–Crippen LogP) is 1.48. The highest BCUT2D eigenvalue weighted by Crippen LogP contribution is 2.35. The summed E-state index contributed by atoms with van der Waals surface area (Å²) in [5.41, 5.74) is 6.34. The summed E-state index contributed by atoms with van der Waals surface area (Å²) in [5, 5.41) is 0. The molecule has 0 spiro atoms. The van der Waals surface area contributed by atoms with Crippen molar-refractivity contribution < 1.29 is 4.79 Å². The molecule has 11 heavy (non-hydrogen) atoms. The molecule has 1 atom stereocenters. The van der Waals surface area contributed by atoms with Gasteiger partial charge in [-0.05, 0) is 30.6 Å². The molecule has 3 heteroatoms. The molecule has 62 valence electrons. The summed E-state index contributed by atoms with van der Waals surface area (Å²) in [4.78, 5) is 11.7. The van der Waals surface area contributed by atoms with Gasteiger partial charge in [0, 0.05) is 6.42 Å². The van der Waals surface area contributed by atoms with Crippen LogP contribution in [0.15, 0.2) is 10.5 Å². The Hall–Kier alpha value is -0.440. The van der Waals surface area contributed by atoms with E-state index in [9.17, 15) is 4.79 Å². The van der Waals surface area contributed by atoms with Gasteiger partial charge in [-0.15, -0.1) is 12.6 Å². The van der Waals surface area contributed by atoms with E-state index in [0.29, 0.717) is 12.3 Å². The summed E-state index contributed by atoms with van der Waals surface area (Å²) < 4.78 is 0. The topological polar surface area (TPSA) is 43.1 Å². The van der Waals surface area contributed by atoms with Crippen molar-refractivity contribution in [1.82, 2.24) is 0 Å². The van der Waals surface area contributed by atoms with Crippen LogP contribution in [-0.4, -0.2) is 5.91 Å². The lowest BCUT2D eigenvalue weighted by Crippen LogP contribution is -2.15. The minimum atomic E-state index is -0.211. The number of hydrogen-bond acceptors (Lipinski definition) is 2. The average molecular weight is 171 g/mol. The van der Waals surface area contributed by atoms with Gasteiger partial charge in [-0.2, -0.15) is 0 Å². The number of rotatable bonds is 2. The minimum absolute atomic E-state index is 0.211. The molecular weight excluding hydrogens is 158 g/mol. The highest BCUT2D eigenvalue weighted by Gasteiger charge is 2.21. The molecule has 1 amide bonds. The summed E-state index contributed by atoms with van der Waals surface area (Å²) >= 11 is 4.30. The fourth-order valence-corrected chi connectivity index (χ4v) is 1.77. The standard InChI is InChI=1S/C8H13NOS/c1-5-6(4-8(9)10)2-3-7(5)11/h6,11H,2-4H2,1H3,(H2,9,10)/t6-/m1/s1. The quantitative estimate of drug-likeness (QED) is 0.607. The van der Waals surface area contributed by atoms with Crippen LogP contribution in [0.5, 0.6) is 0 Å². The van der Waals surface area contributed by atoms with Crippen molar-refractivity contribution in [3.8, 4) is 0 Å². The lowest BCUT2D eigenvalue weighted by atomic mass is 9.99. The van der Waals surface area contributed by atoms with E-state index in [-0.39, 0.29) is 5.91 Å². The first kappa shape index (κ1) is 8.65. The molecule has 0 aromatic heterocycles. The summed E-state index contributed by atoms with van der Waals surface area (Å²) in [6.45, 7) is 2.03. The Labute approximate surface area is 72.3 Å². The molecule has 0 saturated heterocycles. The second-order valence-electron chi connectivity index (χ2n) is 3.04. The zero-order valence-corrected chi connectivity index (χ0v) is 7.53. The van der Waals surface area contributed by atoms with E-state index in [2.05, 4.69) is 12.6 Å². The Balaban J connectivity index is 2.57. The Morgan fingerprint density at radius 3 is 2.82 bits per heavy atom. The maximum Gasteiger partial charge on any atom is 0.218 e. The first-order valence-corrected chi connectivity index (χ1v) is 4.23. The smallest absolute Gasteiger partial charge is 0.218 e. The number of nitrogens with two attached hydrogens (primary N) is 1. The van der Waals surface area contributed by atoms with Gasteiger partial charge in [0.15, 0.2) is 0 Å². The van der Waals surface area contributed by atoms with Gasteiger partial charge in [-0.1, -0.05) is 5.57 Å². The van der Waals surface area contributed by atoms with Crippen LogP contribution >= 0.6 is 12.6 Å². The van der Waals surface area contributed by atoms with Crippen molar-refractivity contribution in [2.24, 2.45) is 11.7 Å². The number of hydrogen-bond donors (Lipinski definition) is 2. The molecule has 0 bridgehead atoms. The Kier molecular flexibility index (Phi) is 2.60. The van der Waals surface area contributed by atoms with Crippen molar-refractivity contribution >= 4 is 18.5 Å².